The minimum Gasteiger partial charge on any atom is -0.305 e. The molecule has 241 valence electrons. The van der Waals surface area contributed by atoms with E-state index >= 15 is 0 Å². The number of rotatable bonds is 4. The Morgan fingerprint density at radius 2 is 1.24 bits per heavy atom. The molecule has 0 bridgehead atoms. The quantitative estimate of drug-likeness (QED) is 0.131. The SMILES string of the molecule is Cc1c[c-]c(-c2ccc(C)cn2)cc1.Cc1cccc(C)c1-c1ccnc(-c2[c-]ccc(-c3cc4ccccc4c4ccccc34)c2)c1.[Ir]. The maximum Gasteiger partial charge on any atom is 0.0190 e. The number of pyridine rings is 2. The molecule has 2 aromatic heterocycles. The molecule has 2 nitrogen and oxygen atoms in total. The van der Waals surface area contributed by atoms with Crippen molar-refractivity contribution in [2.75, 3.05) is 0 Å². The predicted octanol–water partition coefficient (Wildman–Crippen LogP) is 12.0. The van der Waals surface area contributed by atoms with Gasteiger partial charge in [-0.3, -0.25) is 0 Å². The molecule has 8 rings (SSSR count). The topological polar surface area (TPSA) is 25.8 Å². The summed E-state index contributed by atoms with van der Waals surface area (Å²) in [6.45, 7) is 8.43. The van der Waals surface area contributed by atoms with Gasteiger partial charge in [0, 0.05) is 32.5 Å². The summed E-state index contributed by atoms with van der Waals surface area (Å²) in [5, 5.41) is 5.07. The van der Waals surface area contributed by atoms with Gasteiger partial charge in [0.2, 0.25) is 0 Å². The molecule has 0 aliphatic heterocycles. The van der Waals surface area contributed by atoms with Crippen LogP contribution < -0.4 is 0 Å². The van der Waals surface area contributed by atoms with Gasteiger partial charge in [0.05, 0.1) is 0 Å². The molecule has 0 N–H and O–H groups in total. The Morgan fingerprint density at radius 1 is 0.510 bits per heavy atom. The van der Waals surface area contributed by atoms with Gasteiger partial charge in [-0.15, -0.1) is 70.8 Å². The molecule has 0 saturated carbocycles. The van der Waals surface area contributed by atoms with Crippen LogP contribution in [0.3, 0.4) is 0 Å². The minimum atomic E-state index is 0. The maximum absolute atomic E-state index is 4.71. The average Bonchev–Trinajstić information content (AvgIpc) is 3.12. The van der Waals surface area contributed by atoms with Crippen LogP contribution in [0.5, 0.6) is 0 Å². The zero-order chi connectivity index (χ0) is 33.0. The Bertz CT molecular complexity index is 2310. The molecule has 0 amide bonds. The molecule has 0 unspecified atom stereocenters. The van der Waals surface area contributed by atoms with Crippen LogP contribution in [-0.2, 0) is 20.1 Å². The molecule has 0 aliphatic carbocycles. The summed E-state index contributed by atoms with van der Waals surface area (Å²) in [6, 6.07) is 53.5. The molecular formula is C46H36IrN2-2. The first kappa shape index (κ1) is 33.7. The number of benzene rings is 6. The Labute approximate surface area is 302 Å². The summed E-state index contributed by atoms with van der Waals surface area (Å²) in [6.07, 6.45) is 3.78. The van der Waals surface area contributed by atoms with Crippen molar-refractivity contribution >= 4 is 21.5 Å². The van der Waals surface area contributed by atoms with Gasteiger partial charge in [-0.2, -0.15) is 0 Å². The van der Waals surface area contributed by atoms with Crippen LogP contribution in [0.4, 0.5) is 0 Å². The van der Waals surface area contributed by atoms with Gasteiger partial charge >= 0.3 is 0 Å². The fraction of sp³-hybridized carbons (Fsp3) is 0.0870. The van der Waals surface area contributed by atoms with E-state index in [9.17, 15) is 0 Å². The molecule has 8 aromatic rings. The van der Waals surface area contributed by atoms with Gasteiger partial charge in [0.15, 0.2) is 0 Å². The third kappa shape index (κ3) is 7.29. The number of hydrogen-bond acceptors (Lipinski definition) is 2. The third-order valence-corrected chi connectivity index (χ3v) is 8.84. The second-order valence-electron chi connectivity index (χ2n) is 12.4. The molecular weight excluding hydrogens is 773 g/mol. The Balaban J connectivity index is 0.000000234. The first-order valence-corrected chi connectivity index (χ1v) is 16.3. The van der Waals surface area contributed by atoms with E-state index in [1.807, 2.05) is 43.6 Å². The van der Waals surface area contributed by atoms with Gasteiger partial charge in [-0.05, 0) is 99.2 Å². The van der Waals surface area contributed by atoms with Crippen LogP contribution in [-0.4, -0.2) is 9.97 Å². The van der Waals surface area contributed by atoms with Crippen LogP contribution in [0.2, 0.25) is 0 Å². The zero-order valence-electron chi connectivity index (χ0n) is 28.1. The number of aryl methyl sites for hydroxylation is 4. The molecule has 0 saturated heterocycles. The first-order valence-electron chi connectivity index (χ1n) is 16.3. The van der Waals surface area contributed by atoms with Crippen LogP contribution in [0, 0.1) is 39.8 Å². The van der Waals surface area contributed by atoms with Crippen molar-refractivity contribution in [1.82, 2.24) is 9.97 Å². The number of aromatic nitrogens is 2. The molecule has 49 heavy (non-hydrogen) atoms. The van der Waals surface area contributed by atoms with E-state index in [-0.39, 0.29) is 20.1 Å². The molecule has 0 atom stereocenters. The fourth-order valence-corrected chi connectivity index (χ4v) is 6.37. The van der Waals surface area contributed by atoms with Crippen molar-refractivity contribution in [2.24, 2.45) is 0 Å². The number of nitrogens with zero attached hydrogens (tertiary/aromatic N) is 2. The molecule has 0 fully saturated rings. The molecule has 6 aromatic carbocycles. The van der Waals surface area contributed by atoms with Gasteiger partial charge in [0.25, 0.3) is 0 Å². The van der Waals surface area contributed by atoms with Crippen molar-refractivity contribution in [3.63, 3.8) is 0 Å². The predicted molar refractivity (Wildman–Crippen MR) is 202 cm³/mol. The Kier molecular flexibility index (Phi) is 10.3. The summed E-state index contributed by atoms with van der Waals surface area (Å²) >= 11 is 0. The average molecular weight is 809 g/mol. The van der Waals surface area contributed by atoms with Gasteiger partial charge in [0.1, 0.15) is 0 Å². The molecule has 3 heteroatoms. The van der Waals surface area contributed by atoms with Gasteiger partial charge in [-0.1, -0.05) is 91.9 Å². The smallest absolute Gasteiger partial charge is 0.0190 e. The van der Waals surface area contributed by atoms with Crippen LogP contribution in [0.15, 0.2) is 146 Å². The largest absolute Gasteiger partial charge is 0.305 e. The number of hydrogen-bond donors (Lipinski definition) is 0. The Hall–Kier alpha value is -5.21. The normalized spacial score (nSPS) is 10.7. The van der Waals surface area contributed by atoms with E-state index < -0.39 is 0 Å². The van der Waals surface area contributed by atoms with Crippen molar-refractivity contribution < 1.29 is 20.1 Å². The third-order valence-electron chi connectivity index (χ3n) is 8.84. The fourth-order valence-electron chi connectivity index (χ4n) is 6.37. The van der Waals surface area contributed by atoms with E-state index in [1.54, 1.807) is 0 Å². The maximum atomic E-state index is 4.71. The van der Waals surface area contributed by atoms with E-state index in [0.29, 0.717) is 0 Å². The summed E-state index contributed by atoms with van der Waals surface area (Å²) in [5.41, 5.74) is 13.8. The first-order chi connectivity index (χ1) is 23.4. The summed E-state index contributed by atoms with van der Waals surface area (Å²) in [4.78, 5) is 9.06. The van der Waals surface area contributed by atoms with E-state index in [4.69, 9.17) is 4.98 Å². The second-order valence-corrected chi connectivity index (χ2v) is 12.4. The van der Waals surface area contributed by atoms with Crippen LogP contribution in [0.1, 0.15) is 22.3 Å². The van der Waals surface area contributed by atoms with Crippen molar-refractivity contribution in [2.45, 2.75) is 27.7 Å². The van der Waals surface area contributed by atoms with Crippen molar-refractivity contribution in [3.8, 4) is 44.8 Å². The molecule has 1 radical (unpaired) electrons. The second kappa shape index (κ2) is 14.9. The molecule has 0 spiro atoms. The molecule has 2 heterocycles. The van der Waals surface area contributed by atoms with Crippen molar-refractivity contribution in [1.29, 1.82) is 0 Å². The van der Waals surface area contributed by atoms with E-state index in [0.717, 1.165) is 22.5 Å². The number of fused-ring (bicyclic) bond motifs is 3. The zero-order valence-corrected chi connectivity index (χ0v) is 30.5. The van der Waals surface area contributed by atoms with E-state index in [1.165, 1.54) is 66.1 Å². The summed E-state index contributed by atoms with van der Waals surface area (Å²) in [5.74, 6) is 0. The minimum absolute atomic E-state index is 0. The Morgan fingerprint density at radius 3 is 1.98 bits per heavy atom. The van der Waals surface area contributed by atoms with Crippen LogP contribution in [0.25, 0.3) is 66.3 Å². The standard InChI is InChI=1S/C33H24N.C13H12N.Ir/c1-22-9-7-10-23(2)33(22)27-17-18-34-32(21-27)26-13-8-12-24(19-26)31-20-25-11-3-4-14-28(25)29-15-5-6-16-30(29)31;1-10-3-6-12(7-4-10)13-8-5-11(2)9-14-13;/h3-12,14-21H,1-2H3;3-6,8-9H,1-2H3;/q2*-1;. The van der Waals surface area contributed by atoms with Crippen LogP contribution >= 0.6 is 0 Å². The molecule has 0 aliphatic rings. The van der Waals surface area contributed by atoms with Crippen molar-refractivity contribution in [3.05, 3.63) is 180 Å². The summed E-state index contributed by atoms with van der Waals surface area (Å²) < 4.78 is 0. The monoisotopic (exact) mass is 809 g/mol. The van der Waals surface area contributed by atoms with Gasteiger partial charge < -0.3 is 9.97 Å². The van der Waals surface area contributed by atoms with E-state index in [2.05, 4.69) is 147 Å². The van der Waals surface area contributed by atoms with Gasteiger partial charge in [-0.25, -0.2) is 0 Å². The summed E-state index contributed by atoms with van der Waals surface area (Å²) in [7, 11) is 0.